The van der Waals surface area contributed by atoms with Crippen LogP contribution in [0.15, 0.2) is 18.2 Å². The summed E-state index contributed by atoms with van der Waals surface area (Å²) in [6, 6.07) is 7.30. The molecule has 3 nitrogen and oxygen atoms in total. The van der Waals surface area contributed by atoms with E-state index in [1.54, 1.807) is 14.2 Å². The lowest BCUT2D eigenvalue weighted by Gasteiger charge is -2.51. The van der Waals surface area contributed by atoms with Crippen LogP contribution >= 0.6 is 11.8 Å². The summed E-state index contributed by atoms with van der Waals surface area (Å²) in [5.74, 6) is 4.44. The molecule has 2 saturated heterocycles. The summed E-state index contributed by atoms with van der Waals surface area (Å²) in [6.45, 7) is 1.21. The predicted octanol–water partition coefficient (Wildman–Crippen LogP) is 4.34. The van der Waals surface area contributed by atoms with Gasteiger partial charge in [0.15, 0.2) is 11.5 Å². The molecule has 3 unspecified atom stereocenters. The van der Waals surface area contributed by atoms with Gasteiger partial charge in [0, 0.05) is 11.5 Å². The Morgan fingerprint density at radius 3 is 2.64 bits per heavy atom. The molecule has 1 saturated carbocycles. The van der Waals surface area contributed by atoms with Crippen LogP contribution in [-0.4, -0.2) is 50.3 Å². The number of rotatable bonds is 3. The molecular weight excluding hydrogens is 330 g/mol. The maximum atomic E-state index is 5.61. The van der Waals surface area contributed by atoms with Crippen molar-refractivity contribution < 1.29 is 9.47 Å². The molecule has 1 spiro atoms. The first kappa shape index (κ1) is 17.5. The van der Waals surface area contributed by atoms with Crippen molar-refractivity contribution in [1.29, 1.82) is 0 Å². The lowest BCUT2D eigenvalue weighted by atomic mass is 9.58. The monoisotopic (exact) mass is 361 g/mol. The number of benzene rings is 1. The van der Waals surface area contributed by atoms with Gasteiger partial charge in [-0.25, -0.2) is 0 Å². The van der Waals surface area contributed by atoms with Crippen molar-refractivity contribution in [2.75, 3.05) is 39.3 Å². The molecule has 2 aliphatic heterocycles. The number of thioether (sulfide) groups is 1. The summed E-state index contributed by atoms with van der Waals surface area (Å²) >= 11 is 2.19. The van der Waals surface area contributed by atoms with Crippen LogP contribution in [0.2, 0.25) is 0 Å². The highest BCUT2D eigenvalue weighted by atomic mass is 32.2. The molecule has 138 valence electrons. The molecule has 1 aromatic rings. The van der Waals surface area contributed by atoms with Gasteiger partial charge in [0.2, 0.25) is 0 Å². The highest BCUT2D eigenvalue weighted by Gasteiger charge is 2.54. The molecule has 4 rings (SSSR count). The maximum absolute atomic E-state index is 5.61. The second-order valence-corrected chi connectivity index (χ2v) is 9.44. The van der Waals surface area contributed by atoms with Crippen LogP contribution in [0.1, 0.15) is 44.1 Å². The molecule has 3 atom stereocenters. The molecule has 0 bridgehead atoms. The third-order valence-corrected chi connectivity index (χ3v) is 8.56. The topological polar surface area (TPSA) is 21.7 Å². The van der Waals surface area contributed by atoms with E-state index in [0.717, 1.165) is 11.5 Å². The molecule has 4 heteroatoms. The number of hydrogen-bond donors (Lipinski definition) is 0. The van der Waals surface area contributed by atoms with Crippen LogP contribution in [0.4, 0.5) is 0 Å². The van der Waals surface area contributed by atoms with Crippen molar-refractivity contribution >= 4 is 11.8 Å². The normalized spacial score (nSPS) is 35.6. The van der Waals surface area contributed by atoms with E-state index in [1.165, 1.54) is 62.1 Å². The van der Waals surface area contributed by atoms with Gasteiger partial charge in [0.05, 0.1) is 14.2 Å². The Balaban J connectivity index is 1.68. The first-order chi connectivity index (χ1) is 12.1. The van der Waals surface area contributed by atoms with E-state index in [-0.39, 0.29) is 0 Å². The van der Waals surface area contributed by atoms with E-state index < -0.39 is 0 Å². The Hall–Kier alpha value is -0.870. The maximum Gasteiger partial charge on any atom is 0.161 e. The molecule has 0 radical (unpaired) electrons. The van der Waals surface area contributed by atoms with Crippen molar-refractivity contribution in [3.63, 3.8) is 0 Å². The summed E-state index contributed by atoms with van der Waals surface area (Å²) < 4.78 is 11.1. The fourth-order valence-corrected chi connectivity index (χ4v) is 6.99. The highest BCUT2D eigenvalue weighted by Crippen LogP contribution is 2.57. The van der Waals surface area contributed by atoms with E-state index in [1.807, 2.05) is 0 Å². The van der Waals surface area contributed by atoms with E-state index >= 15 is 0 Å². The third-order valence-electron chi connectivity index (χ3n) is 7.17. The second kappa shape index (κ2) is 6.70. The van der Waals surface area contributed by atoms with Gasteiger partial charge in [-0.1, -0.05) is 6.07 Å². The lowest BCUT2D eigenvalue weighted by molar-refractivity contribution is 0.0757. The Morgan fingerprint density at radius 2 is 1.92 bits per heavy atom. The van der Waals surface area contributed by atoms with E-state index in [0.29, 0.717) is 16.9 Å². The zero-order valence-electron chi connectivity index (χ0n) is 15.8. The zero-order valence-corrected chi connectivity index (χ0v) is 16.7. The number of likely N-dealkylation sites (tertiary alicyclic amines) is 1. The molecule has 2 heterocycles. The van der Waals surface area contributed by atoms with Crippen LogP contribution in [0, 0.1) is 5.41 Å². The van der Waals surface area contributed by atoms with Crippen LogP contribution in [-0.2, 0) is 5.41 Å². The van der Waals surface area contributed by atoms with Gasteiger partial charge < -0.3 is 14.4 Å². The average Bonchev–Trinajstić information content (AvgIpc) is 2.99. The number of fused-ring (bicyclic) bond motifs is 1. The second-order valence-electron chi connectivity index (χ2n) is 8.33. The van der Waals surface area contributed by atoms with Gasteiger partial charge >= 0.3 is 0 Å². The number of ether oxygens (including phenoxy) is 2. The molecule has 1 aliphatic carbocycles. The van der Waals surface area contributed by atoms with Gasteiger partial charge in [-0.3, -0.25) is 0 Å². The standard InChI is InChI=1S/C21H31NO2S/c1-22-11-10-21(16-5-6-17(23-2)18(13-16)24-3)9-8-20(14-19(21)22)7-4-12-25-15-20/h5-6,13,19H,4,7-12,14-15H2,1-3H3. The average molecular weight is 362 g/mol. The summed E-state index contributed by atoms with van der Waals surface area (Å²) in [4.78, 5) is 2.64. The number of nitrogens with zero attached hydrogens (tertiary/aromatic N) is 1. The van der Waals surface area contributed by atoms with Gasteiger partial charge in [-0.05, 0) is 86.7 Å². The largest absolute Gasteiger partial charge is 0.493 e. The number of methoxy groups -OCH3 is 2. The van der Waals surface area contributed by atoms with E-state index in [2.05, 4.69) is 41.9 Å². The predicted molar refractivity (Wildman–Crippen MR) is 105 cm³/mol. The van der Waals surface area contributed by atoms with Crippen molar-refractivity contribution in [3.8, 4) is 11.5 Å². The molecule has 1 aromatic carbocycles. The zero-order chi connectivity index (χ0) is 17.5. The first-order valence-corrected chi connectivity index (χ1v) is 10.8. The smallest absolute Gasteiger partial charge is 0.161 e. The first-order valence-electron chi connectivity index (χ1n) is 9.63. The quantitative estimate of drug-likeness (QED) is 0.798. The fourth-order valence-electron chi connectivity index (χ4n) is 5.66. The van der Waals surface area contributed by atoms with Crippen LogP contribution in [0.5, 0.6) is 11.5 Å². The summed E-state index contributed by atoms with van der Waals surface area (Å²) in [5, 5.41) is 0. The van der Waals surface area contributed by atoms with Gasteiger partial charge in [-0.2, -0.15) is 11.8 Å². The van der Waals surface area contributed by atoms with E-state index in [9.17, 15) is 0 Å². The van der Waals surface area contributed by atoms with Gasteiger partial charge in [0.25, 0.3) is 0 Å². The molecule has 0 amide bonds. The van der Waals surface area contributed by atoms with Crippen LogP contribution in [0.3, 0.4) is 0 Å². The van der Waals surface area contributed by atoms with Crippen LogP contribution in [0.25, 0.3) is 0 Å². The van der Waals surface area contributed by atoms with Crippen molar-refractivity contribution in [1.82, 2.24) is 4.90 Å². The van der Waals surface area contributed by atoms with Gasteiger partial charge in [0.1, 0.15) is 0 Å². The highest BCUT2D eigenvalue weighted by molar-refractivity contribution is 7.99. The molecule has 25 heavy (non-hydrogen) atoms. The molecular formula is C21H31NO2S. The fraction of sp³-hybridized carbons (Fsp3) is 0.714. The molecule has 0 N–H and O–H groups in total. The minimum atomic E-state index is 0.293. The number of hydrogen-bond acceptors (Lipinski definition) is 4. The van der Waals surface area contributed by atoms with Gasteiger partial charge in [-0.15, -0.1) is 0 Å². The lowest BCUT2D eigenvalue weighted by Crippen LogP contribution is -2.51. The minimum Gasteiger partial charge on any atom is -0.493 e. The van der Waals surface area contributed by atoms with Crippen molar-refractivity contribution in [2.45, 2.75) is 50.0 Å². The minimum absolute atomic E-state index is 0.293. The summed E-state index contributed by atoms with van der Waals surface area (Å²) in [7, 11) is 5.79. The molecule has 3 aliphatic rings. The van der Waals surface area contributed by atoms with Crippen molar-refractivity contribution in [3.05, 3.63) is 23.8 Å². The van der Waals surface area contributed by atoms with Crippen LogP contribution < -0.4 is 9.47 Å². The Bertz CT molecular complexity index is 628. The summed E-state index contributed by atoms with van der Waals surface area (Å²) in [6.07, 6.45) is 8.19. The SMILES string of the molecule is COc1ccc(C23CCN(C)C2CC2(CCCSC2)CC3)cc1OC. The molecule has 3 fully saturated rings. The molecule has 0 aromatic heterocycles. The van der Waals surface area contributed by atoms with Crippen molar-refractivity contribution in [2.24, 2.45) is 5.41 Å². The Kier molecular flexibility index (Phi) is 4.70. The Morgan fingerprint density at radius 1 is 1.08 bits per heavy atom. The number of likely N-dealkylation sites (N-methyl/N-ethyl adjacent to an activating group) is 1. The summed E-state index contributed by atoms with van der Waals surface area (Å²) in [5.41, 5.74) is 2.34. The third kappa shape index (κ3) is 2.86. The Labute approximate surface area is 156 Å². The van der Waals surface area contributed by atoms with E-state index in [4.69, 9.17) is 9.47 Å².